The molecule has 5 nitrogen and oxygen atoms in total. The van der Waals surface area contributed by atoms with Gasteiger partial charge in [-0.2, -0.15) is 0 Å². The summed E-state index contributed by atoms with van der Waals surface area (Å²) in [5.74, 6) is 1.86. The molecule has 0 radical (unpaired) electrons. The Morgan fingerprint density at radius 1 is 1.04 bits per heavy atom. The molecule has 0 saturated carbocycles. The molecular weight excluding hydrogens is 310 g/mol. The van der Waals surface area contributed by atoms with Crippen LogP contribution in [0.5, 0.6) is 0 Å². The van der Waals surface area contributed by atoms with E-state index in [0.717, 1.165) is 44.1 Å². The predicted molar refractivity (Wildman–Crippen MR) is 108 cm³/mol. The zero-order valence-corrected chi connectivity index (χ0v) is 16.9. The Bertz CT molecular complexity index is 376. The van der Waals surface area contributed by atoms with E-state index in [0.29, 0.717) is 0 Å². The molecule has 146 valence electrons. The first-order valence-corrected chi connectivity index (χ1v) is 10.7. The smallest absolute Gasteiger partial charge is 0.191 e. The quantitative estimate of drug-likeness (QED) is 0.521. The summed E-state index contributed by atoms with van der Waals surface area (Å²) >= 11 is 0. The van der Waals surface area contributed by atoms with Crippen LogP contribution in [0.1, 0.15) is 58.8 Å². The fourth-order valence-electron chi connectivity index (χ4n) is 4.19. The third kappa shape index (κ3) is 7.53. The Hall–Kier alpha value is -0.810. The molecule has 0 aliphatic carbocycles. The van der Waals surface area contributed by atoms with E-state index in [2.05, 4.69) is 41.3 Å². The maximum atomic E-state index is 4.81. The van der Waals surface area contributed by atoms with Crippen LogP contribution in [0.25, 0.3) is 0 Å². The summed E-state index contributed by atoms with van der Waals surface area (Å²) in [7, 11) is 2.23. The lowest BCUT2D eigenvalue weighted by Gasteiger charge is -2.35. The number of piperidine rings is 2. The molecule has 0 aromatic carbocycles. The molecule has 2 saturated heterocycles. The van der Waals surface area contributed by atoms with Crippen molar-refractivity contribution in [3.63, 3.8) is 0 Å². The minimum Gasteiger partial charge on any atom is -0.357 e. The van der Waals surface area contributed by atoms with Gasteiger partial charge < -0.3 is 15.5 Å². The summed E-state index contributed by atoms with van der Waals surface area (Å²) in [5.41, 5.74) is 0. The molecule has 0 amide bonds. The summed E-state index contributed by atoms with van der Waals surface area (Å²) in [6.07, 6.45) is 9.33. The number of hydrogen-bond acceptors (Lipinski definition) is 3. The molecular formula is C20H41N5. The molecule has 2 rings (SSSR count). The first-order chi connectivity index (χ1) is 12.2. The van der Waals surface area contributed by atoms with Crippen molar-refractivity contribution in [2.24, 2.45) is 10.9 Å². The highest BCUT2D eigenvalue weighted by atomic mass is 15.2. The second-order valence-corrected chi connectivity index (χ2v) is 7.82. The van der Waals surface area contributed by atoms with Gasteiger partial charge in [-0.1, -0.05) is 13.3 Å². The topological polar surface area (TPSA) is 42.9 Å². The first-order valence-electron chi connectivity index (χ1n) is 10.7. The van der Waals surface area contributed by atoms with Crippen molar-refractivity contribution < 1.29 is 0 Å². The van der Waals surface area contributed by atoms with Gasteiger partial charge in [0.2, 0.25) is 0 Å². The fourth-order valence-corrected chi connectivity index (χ4v) is 4.19. The normalized spacial score (nSPS) is 24.4. The lowest BCUT2D eigenvalue weighted by molar-refractivity contribution is 0.147. The van der Waals surface area contributed by atoms with Gasteiger partial charge in [0.1, 0.15) is 0 Å². The highest BCUT2D eigenvalue weighted by Gasteiger charge is 2.20. The zero-order chi connectivity index (χ0) is 17.9. The minimum absolute atomic E-state index is 0.791. The number of guanidine groups is 1. The number of likely N-dealkylation sites (tertiary alicyclic amines) is 2. The molecule has 0 bridgehead atoms. The summed E-state index contributed by atoms with van der Waals surface area (Å²) in [5, 5.41) is 6.95. The number of aliphatic imine (C=N–C) groups is 1. The molecule has 2 N–H and O–H groups in total. The molecule has 2 fully saturated rings. The zero-order valence-electron chi connectivity index (χ0n) is 16.9. The third-order valence-corrected chi connectivity index (χ3v) is 5.90. The predicted octanol–water partition coefficient (Wildman–Crippen LogP) is 2.54. The Morgan fingerprint density at radius 2 is 1.84 bits per heavy atom. The fraction of sp³-hybridized carbons (Fsp3) is 0.950. The summed E-state index contributed by atoms with van der Waals surface area (Å²) in [6, 6.07) is 0.791. The van der Waals surface area contributed by atoms with Crippen LogP contribution in [0.4, 0.5) is 0 Å². The van der Waals surface area contributed by atoms with Crippen molar-refractivity contribution >= 4 is 5.96 Å². The van der Waals surface area contributed by atoms with E-state index in [-0.39, 0.29) is 0 Å². The maximum Gasteiger partial charge on any atom is 0.191 e. The monoisotopic (exact) mass is 351 g/mol. The summed E-state index contributed by atoms with van der Waals surface area (Å²) < 4.78 is 0. The van der Waals surface area contributed by atoms with Gasteiger partial charge in [0, 0.05) is 32.2 Å². The number of nitrogens with zero attached hydrogens (tertiary/aromatic N) is 3. The van der Waals surface area contributed by atoms with E-state index in [9.17, 15) is 0 Å². The van der Waals surface area contributed by atoms with Crippen molar-refractivity contribution in [3.8, 4) is 0 Å². The molecule has 0 spiro atoms. The second kappa shape index (κ2) is 11.7. The van der Waals surface area contributed by atoms with Crippen LogP contribution in [0.2, 0.25) is 0 Å². The van der Waals surface area contributed by atoms with E-state index in [1.165, 1.54) is 64.6 Å². The van der Waals surface area contributed by atoms with E-state index >= 15 is 0 Å². The van der Waals surface area contributed by atoms with Gasteiger partial charge in [0.15, 0.2) is 5.96 Å². The average Bonchev–Trinajstić information content (AvgIpc) is 2.64. The molecule has 2 aliphatic heterocycles. The molecule has 1 unspecified atom stereocenters. The number of hydrogen-bond donors (Lipinski definition) is 2. The van der Waals surface area contributed by atoms with E-state index in [4.69, 9.17) is 4.99 Å². The van der Waals surface area contributed by atoms with Gasteiger partial charge in [0.05, 0.1) is 0 Å². The second-order valence-electron chi connectivity index (χ2n) is 7.82. The van der Waals surface area contributed by atoms with Crippen molar-refractivity contribution in [1.29, 1.82) is 0 Å². The maximum absolute atomic E-state index is 4.81. The first kappa shape index (κ1) is 20.5. The van der Waals surface area contributed by atoms with Crippen LogP contribution >= 0.6 is 0 Å². The molecule has 5 heteroatoms. The van der Waals surface area contributed by atoms with E-state index in [1.807, 2.05) is 0 Å². The van der Waals surface area contributed by atoms with Gasteiger partial charge in [-0.15, -0.1) is 0 Å². The summed E-state index contributed by atoms with van der Waals surface area (Å²) in [6.45, 7) is 12.3. The molecule has 2 heterocycles. The standard InChI is InChI=1S/C20H41N5/c1-4-19-8-6-7-14-25(19)17-13-23-20(21-5-2)22-12-9-18-10-15-24(3)16-11-18/h18-19H,4-17H2,1-3H3,(H2,21,22,23). The number of rotatable bonds is 8. The minimum atomic E-state index is 0.791. The largest absolute Gasteiger partial charge is 0.357 e. The molecule has 25 heavy (non-hydrogen) atoms. The highest BCUT2D eigenvalue weighted by Crippen LogP contribution is 2.19. The van der Waals surface area contributed by atoms with Gasteiger partial charge in [-0.05, 0) is 78.0 Å². The van der Waals surface area contributed by atoms with Crippen LogP contribution in [0, 0.1) is 5.92 Å². The molecule has 0 aromatic rings. The third-order valence-electron chi connectivity index (χ3n) is 5.90. The molecule has 0 aromatic heterocycles. The van der Waals surface area contributed by atoms with Crippen molar-refractivity contribution in [2.75, 3.05) is 52.9 Å². The average molecular weight is 352 g/mol. The van der Waals surface area contributed by atoms with Gasteiger partial charge in [0.25, 0.3) is 0 Å². The van der Waals surface area contributed by atoms with Crippen LogP contribution in [-0.2, 0) is 0 Å². The Labute approximate surface area is 155 Å². The Balaban J connectivity index is 1.68. The van der Waals surface area contributed by atoms with Gasteiger partial charge in [-0.3, -0.25) is 9.89 Å². The number of nitrogens with one attached hydrogen (secondary N) is 2. The Kier molecular flexibility index (Phi) is 9.63. The lowest BCUT2D eigenvalue weighted by atomic mass is 9.94. The van der Waals surface area contributed by atoms with Crippen molar-refractivity contribution in [1.82, 2.24) is 20.4 Å². The van der Waals surface area contributed by atoms with Gasteiger partial charge in [-0.25, -0.2) is 0 Å². The van der Waals surface area contributed by atoms with Gasteiger partial charge >= 0.3 is 0 Å². The van der Waals surface area contributed by atoms with E-state index in [1.54, 1.807) is 0 Å². The SMILES string of the molecule is CCNC(=NCCC1CCN(C)CC1)NCCN1CCCCC1CC. The van der Waals surface area contributed by atoms with E-state index < -0.39 is 0 Å². The summed E-state index contributed by atoms with van der Waals surface area (Å²) in [4.78, 5) is 9.92. The molecule has 2 aliphatic rings. The lowest BCUT2D eigenvalue weighted by Crippen LogP contribution is -2.46. The van der Waals surface area contributed by atoms with Crippen molar-refractivity contribution in [3.05, 3.63) is 0 Å². The highest BCUT2D eigenvalue weighted by molar-refractivity contribution is 5.79. The van der Waals surface area contributed by atoms with Crippen LogP contribution < -0.4 is 10.6 Å². The van der Waals surface area contributed by atoms with Crippen molar-refractivity contribution in [2.45, 2.75) is 64.8 Å². The molecule has 1 atom stereocenters. The van der Waals surface area contributed by atoms with Crippen LogP contribution in [-0.4, -0.2) is 74.7 Å². The van der Waals surface area contributed by atoms with Crippen LogP contribution in [0.15, 0.2) is 4.99 Å². The Morgan fingerprint density at radius 3 is 2.56 bits per heavy atom. The van der Waals surface area contributed by atoms with Crippen LogP contribution in [0.3, 0.4) is 0 Å².